The Labute approximate surface area is 68.6 Å². The molecule has 0 aromatic rings. The van der Waals surface area contributed by atoms with Crippen LogP contribution in [0.25, 0.3) is 0 Å². The summed E-state index contributed by atoms with van der Waals surface area (Å²) in [5.41, 5.74) is 0. The molecule has 0 radical (unpaired) electrons. The zero-order chi connectivity index (χ0) is 8.91. The maximum absolute atomic E-state index is 9.06. The molecule has 0 spiro atoms. The van der Waals surface area contributed by atoms with Gasteiger partial charge in [-0.15, -0.1) is 0 Å². The predicted octanol–water partition coefficient (Wildman–Crippen LogP) is 0.419. The highest BCUT2D eigenvalue weighted by atomic mass is 16.5. The average Bonchev–Trinajstić information content (AvgIpc) is 1.84. The molecule has 0 aliphatic rings. The highest BCUT2D eigenvalue weighted by Gasteiger charge is 2.18. The minimum Gasteiger partial charge on any atom is -0.365 e. The van der Waals surface area contributed by atoms with E-state index in [2.05, 4.69) is 6.92 Å². The highest BCUT2D eigenvalue weighted by molar-refractivity contribution is 4.64. The summed E-state index contributed by atoms with van der Waals surface area (Å²) in [5, 5.41) is 18.1. The Morgan fingerprint density at radius 3 is 2.09 bits per heavy atom. The van der Waals surface area contributed by atoms with Crippen molar-refractivity contribution in [2.75, 3.05) is 19.6 Å². The molecular formula is C8H19NO2. The van der Waals surface area contributed by atoms with Crippen LogP contribution in [0.2, 0.25) is 0 Å². The van der Waals surface area contributed by atoms with Crippen LogP contribution in [0.3, 0.4) is 0 Å². The van der Waals surface area contributed by atoms with E-state index in [-0.39, 0.29) is 0 Å². The fourth-order valence-electron chi connectivity index (χ4n) is 1.09. The van der Waals surface area contributed by atoms with E-state index in [1.165, 1.54) is 6.92 Å². The molecule has 0 rings (SSSR count). The predicted molar refractivity (Wildman–Crippen MR) is 45.2 cm³/mol. The van der Waals surface area contributed by atoms with Gasteiger partial charge in [0.1, 0.15) is 0 Å². The second-order valence-electron chi connectivity index (χ2n) is 3.09. The van der Waals surface area contributed by atoms with Crippen molar-refractivity contribution in [3.05, 3.63) is 0 Å². The Morgan fingerprint density at radius 2 is 1.82 bits per heavy atom. The van der Waals surface area contributed by atoms with E-state index in [9.17, 15) is 0 Å². The van der Waals surface area contributed by atoms with Crippen LogP contribution in [-0.2, 0) is 0 Å². The molecule has 0 aromatic carbocycles. The van der Waals surface area contributed by atoms with Gasteiger partial charge in [-0.3, -0.25) is 4.90 Å². The topological polar surface area (TPSA) is 43.7 Å². The van der Waals surface area contributed by atoms with E-state index >= 15 is 0 Å². The molecule has 0 saturated heterocycles. The van der Waals surface area contributed by atoms with Crippen molar-refractivity contribution in [3.63, 3.8) is 0 Å². The van der Waals surface area contributed by atoms with Crippen molar-refractivity contribution in [1.82, 2.24) is 4.90 Å². The second kappa shape index (κ2) is 4.70. The summed E-state index contributed by atoms with van der Waals surface area (Å²) in [6.45, 7) is 7.62. The number of hydrogen-bond donors (Lipinski definition) is 2. The summed E-state index contributed by atoms with van der Waals surface area (Å²) < 4.78 is 0. The van der Waals surface area contributed by atoms with Gasteiger partial charge in [0.05, 0.1) is 6.54 Å². The van der Waals surface area contributed by atoms with E-state index in [4.69, 9.17) is 10.2 Å². The quantitative estimate of drug-likeness (QED) is 0.574. The van der Waals surface area contributed by atoms with E-state index in [0.717, 1.165) is 19.5 Å². The lowest BCUT2D eigenvalue weighted by atomic mass is 10.3. The lowest BCUT2D eigenvalue weighted by Crippen LogP contribution is -2.40. The van der Waals surface area contributed by atoms with Gasteiger partial charge in [0.15, 0.2) is 5.79 Å². The van der Waals surface area contributed by atoms with Crippen LogP contribution >= 0.6 is 0 Å². The van der Waals surface area contributed by atoms with Crippen molar-refractivity contribution in [2.45, 2.75) is 33.0 Å². The van der Waals surface area contributed by atoms with Gasteiger partial charge in [-0.25, -0.2) is 0 Å². The minimum absolute atomic E-state index is 0.331. The number of aliphatic hydroxyl groups is 2. The third kappa shape index (κ3) is 6.28. The van der Waals surface area contributed by atoms with Gasteiger partial charge in [-0.1, -0.05) is 13.8 Å². The van der Waals surface area contributed by atoms with Crippen LogP contribution < -0.4 is 0 Å². The molecule has 0 atom stereocenters. The largest absolute Gasteiger partial charge is 0.365 e. The number of nitrogens with zero attached hydrogens (tertiary/aromatic N) is 1. The van der Waals surface area contributed by atoms with Crippen LogP contribution in [0.1, 0.15) is 27.2 Å². The first-order valence-electron chi connectivity index (χ1n) is 4.16. The van der Waals surface area contributed by atoms with Gasteiger partial charge in [-0.05, 0) is 26.4 Å². The Bertz CT molecular complexity index is 98.8. The fraction of sp³-hybridized carbons (Fsp3) is 1.00. The molecule has 0 fully saturated rings. The molecule has 11 heavy (non-hydrogen) atoms. The highest BCUT2D eigenvalue weighted by Crippen LogP contribution is 2.01. The normalized spacial score (nSPS) is 12.5. The smallest absolute Gasteiger partial charge is 0.172 e. The van der Waals surface area contributed by atoms with Crippen LogP contribution in [0.15, 0.2) is 0 Å². The average molecular weight is 161 g/mol. The first-order chi connectivity index (χ1) is 4.99. The van der Waals surface area contributed by atoms with E-state index in [1.807, 2.05) is 11.8 Å². The Morgan fingerprint density at radius 1 is 1.27 bits per heavy atom. The molecule has 0 bridgehead atoms. The lowest BCUT2D eigenvalue weighted by molar-refractivity contribution is -0.158. The molecular weight excluding hydrogens is 142 g/mol. The molecule has 68 valence electrons. The van der Waals surface area contributed by atoms with Gasteiger partial charge < -0.3 is 10.2 Å². The number of rotatable bonds is 5. The zero-order valence-corrected chi connectivity index (χ0v) is 7.67. The van der Waals surface area contributed by atoms with Crippen LogP contribution in [0.4, 0.5) is 0 Å². The summed E-state index contributed by atoms with van der Waals surface area (Å²) >= 11 is 0. The standard InChI is InChI=1S/C8H19NO2/c1-4-6-9(5-2)7-8(3,10)11/h10-11H,4-7H2,1-3H3. The van der Waals surface area contributed by atoms with Crippen molar-refractivity contribution in [1.29, 1.82) is 0 Å². The summed E-state index contributed by atoms with van der Waals surface area (Å²) in [5.74, 6) is -1.55. The molecule has 0 aliphatic heterocycles. The second-order valence-corrected chi connectivity index (χ2v) is 3.09. The summed E-state index contributed by atoms with van der Waals surface area (Å²) in [6, 6.07) is 0. The SMILES string of the molecule is CCCN(CC)CC(C)(O)O. The van der Waals surface area contributed by atoms with Crippen molar-refractivity contribution in [2.24, 2.45) is 0 Å². The Kier molecular flexibility index (Phi) is 4.65. The van der Waals surface area contributed by atoms with Crippen molar-refractivity contribution < 1.29 is 10.2 Å². The minimum atomic E-state index is -1.55. The van der Waals surface area contributed by atoms with Crippen LogP contribution in [-0.4, -0.2) is 40.5 Å². The number of hydrogen-bond acceptors (Lipinski definition) is 3. The van der Waals surface area contributed by atoms with Gasteiger partial charge in [0.2, 0.25) is 0 Å². The van der Waals surface area contributed by atoms with Gasteiger partial charge in [0.25, 0.3) is 0 Å². The zero-order valence-electron chi connectivity index (χ0n) is 7.67. The maximum Gasteiger partial charge on any atom is 0.172 e. The van der Waals surface area contributed by atoms with Crippen LogP contribution in [0, 0.1) is 0 Å². The van der Waals surface area contributed by atoms with Gasteiger partial charge in [0, 0.05) is 0 Å². The summed E-state index contributed by atoms with van der Waals surface area (Å²) in [6.07, 6.45) is 1.05. The maximum atomic E-state index is 9.06. The van der Waals surface area contributed by atoms with E-state index in [1.54, 1.807) is 0 Å². The molecule has 3 heteroatoms. The van der Waals surface area contributed by atoms with E-state index in [0.29, 0.717) is 6.54 Å². The molecule has 3 nitrogen and oxygen atoms in total. The first-order valence-corrected chi connectivity index (χ1v) is 4.16. The molecule has 0 amide bonds. The van der Waals surface area contributed by atoms with Crippen LogP contribution in [0.5, 0.6) is 0 Å². The number of likely N-dealkylation sites (N-methyl/N-ethyl adjacent to an activating group) is 1. The molecule has 0 aromatic heterocycles. The summed E-state index contributed by atoms with van der Waals surface area (Å²) in [7, 11) is 0. The Balaban J connectivity index is 3.68. The molecule has 0 heterocycles. The third-order valence-corrected chi connectivity index (χ3v) is 1.51. The molecule has 0 saturated carbocycles. The lowest BCUT2D eigenvalue weighted by Gasteiger charge is -2.26. The Hall–Kier alpha value is -0.120. The molecule has 0 unspecified atom stereocenters. The van der Waals surface area contributed by atoms with Gasteiger partial charge >= 0.3 is 0 Å². The fourth-order valence-corrected chi connectivity index (χ4v) is 1.09. The monoisotopic (exact) mass is 161 g/mol. The summed E-state index contributed by atoms with van der Waals surface area (Å²) in [4.78, 5) is 2.01. The first kappa shape index (κ1) is 10.9. The van der Waals surface area contributed by atoms with Gasteiger partial charge in [-0.2, -0.15) is 0 Å². The molecule has 2 N–H and O–H groups in total. The molecule has 0 aliphatic carbocycles. The van der Waals surface area contributed by atoms with Crippen molar-refractivity contribution >= 4 is 0 Å². The van der Waals surface area contributed by atoms with Crippen molar-refractivity contribution in [3.8, 4) is 0 Å². The third-order valence-electron chi connectivity index (χ3n) is 1.51. The van der Waals surface area contributed by atoms with E-state index < -0.39 is 5.79 Å².